The summed E-state index contributed by atoms with van der Waals surface area (Å²) in [6.45, 7) is 0.164. The lowest BCUT2D eigenvalue weighted by Gasteiger charge is -2.43. The largest absolute Gasteiger partial charge is 0.363 e. The van der Waals surface area contributed by atoms with Gasteiger partial charge in [0.05, 0.1) is 12.1 Å². The molecule has 2 aliphatic heterocycles. The van der Waals surface area contributed by atoms with Crippen LogP contribution in [0.25, 0.3) is 0 Å². The highest BCUT2D eigenvalue weighted by Crippen LogP contribution is 2.42. The monoisotopic (exact) mass is 447 g/mol. The zero-order valence-corrected chi connectivity index (χ0v) is 18.6. The van der Waals surface area contributed by atoms with Crippen molar-refractivity contribution in [3.05, 3.63) is 66.2 Å². The van der Waals surface area contributed by atoms with E-state index in [0.717, 1.165) is 31.2 Å². The molecule has 7 heteroatoms. The summed E-state index contributed by atoms with van der Waals surface area (Å²) in [6.07, 6.45) is 3.76. The molecule has 2 heterocycles. The van der Waals surface area contributed by atoms with Crippen molar-refractivity contribution in [3.63, 3.8) is 0 Å². The number of urea groups is 1. The number of para-hydroxylation sites is 1. The van der Waals surface area contributed by atoms with Crippen LogP contribution in [0.4, 0.5) is 10.5 Å². The van der Waals surface area contributed by atoms with Crippen LogP contribution >= 0.6 is 0 Å². The molecule has 1 N–H and O–H groups in total. The Balaban J connectivity index is 1.37. The molecule has 3 fully saturated rings. The van der Waals surface area contributed by atoms with E-state index in [4.69, 9.17) is 4.74 Å². The molecule has 1 saturated carbocycles. The molecule has 172 valence electrons. The fourth-order valence-corrected chi connectivity index (χ4v) is 5.45. The predicted molar refractivity (Wildman–Crippen MR) is 123 cm³/mol. The highest BCUT2D eigenvalue weighted by Gasteiger charge is 2.57. The Morgan fingerprint density at radius 3 is 2.42 bits per heavy atom. The summed E-state index contributed by atoms with van der Waals surface area (Å²) < 4.78 is 6.23. The second-order valence-corrected chi connectivity index (χ2v) is 9.08. The van der Waals surface area contributed by atoms with E-state index in [0.29, 0.717) is 12.1 Å². The molecule has 4 atom stereocenters. The van der Waals surface area contributed by atoms with Gasteiger partial charge >= 0.3 is 6.03 Å². The lowest BCUT2D eigenvalue weighted by Crippen LogP contribution is -2.65. The molecule has 4 unspecified atom stereocenters. The average Bonchev–Trinajstić information content (AvgIpc) is 3.23. The van der Waals surface area contributed by atoms with Gasteiger partial charge < -0.3 is 15.0 Å². The van der Waals surface area contributed by atoms with Gasteiger partial charge in [0.2, 0.25) is 5.91 Å². The highest BCUT2D eigenvalue weighted by molar-refractivity contribution is 6.02. The van der Waals surface area contributed by atoms with Crippen LogP contribution in [0.3, 0.4) is 0 Å². The SMILES string of the molecule is O=C(CN1C(=O)N(CCc2ccccc2)C(=O)C2OC3CCCCC3C21)Nc1ccccc1. The van der Waals surface area contributed by atoms with Crippen LogP contribution in [-0.2, 0) is 20.7 Å². The zero-order chi connectivity index (χ0) is 22.8. The first kappa shape index (κ1) is 21.6. The summed E-state index contributed by atoms with van der Waals surface area (Å²) in [5.74, 6) is -0.447. The molecule has 0 bridgehead atoms. The van der Waals surface area contributed by atoms with Gasteiger partial charge in [-0.2, -0.15) is 0 Å². The Morgan fingerprint density at radius 1 is 0.970 bits per heavy atom. The molecule has 33 heavy (non-hydrogen) atoms. The minimum absolute atomic E-state index is 0.0285. The standard InChI is InChI=1S/C26H29N3O4/c30-22(27-19-11-5-2-6-12-19)17-29-23-20-13-7-8-14-21(20)33-24(23)25(31)28(26(29)32)16-15-18-9-3-1-4-10-18/h1-6,9-12,20-21,23-24H,7-8,13-17H2,(H,27,30). The van der Waals surface area contributed by atoms with Crippen LogP contribution in [-0.4, -0.2) is 59.0 Å². The fraction of sp³-hybridized carbons (Fsp3) is 0.423. The summed E-state index contributed by atoms with van der Waals surface area (Å²) in [7, 11) is 0. The Labute approximate surface area is 193 Å². The van der Waals surface area contributed by atoms with Crippen molar-refractivity contribution < 1.29 is 19.1 Å². The highest BCUT2D eigenvalue weighted by atomic mass is 16.5. The average molecular weight is 448 g/mol. The zero-order valence-electron chi connectivity index (χ0n) is 18.6. The van der Waals surface area contributed by atoms with E-state index in [1.54, 1.807) is 4.90 Å². The molecule has 2 saturated heterocycles. The molecule has 5 rings (SSSR count). The number of benzene rings is 2. The maximum atomic E-state index is 13.6. The van der Waals surface area contributed by atoms with Crippen LogP contribution < -0.4 is 5.32 Å². The quantitative estimate of drug-likeness (QED) is 0.736. The van der Waals surface area contributed by atoms with Gasteiger partial charge in [-0.25, -0.2) is 4.79 Å². The first-order chi connectivity index (χ1) is 16.1. The van der Waals surface area contributed by atoms with Crippen LogP contribution in [0.15, 0.2) is 60.7 Å². The molecule has 1 aliphatic carbocycles. The second kappa shape index (κ2) is 9.35. The van der Waals surface area contributed by atoms with Gasteiger partial charge in [0.15, 0.2) is 6.10 Å². The number of nitrogens with one attached hydrogen (secondary N) is 1. The van der Waals surface area contributed by atoms with Crippen LogP contribution in [0, 0.1) is 5.92 Å². The first-order valence-electron chi connectivity index (χ1n) is 11.8. The number of nitrogens with zero attached hydrogens (tertiary/aromatic N) is 2. The van der Waals surface area contributed by atoms with Crippen molar-refractivity contribution in [2.45, 2.75) is 50.4 Å². The number of hydrogen-bond acceptors (Lipinski definition) is 4. The molecule has 2 aromatic rings. The maximum Gasteiger partial charge on any atom is 0.327 e. The second-order valence-electron chi connectivity index (χ2n) is 9.08. The number of anilines is 1. The number of rotatable bonds is 6. The topological polar surface area (TPSA) is 79.0 Å². The van der Waals surface area contributed by atoms with Gasteiger partial charge in [-0.3, -0.25) is 14.5 Å². The van der Waals surface area contributed by atoms with Crippen molar-refractivity contribution in [2.75, 3.05) is 18.4 Å². The number of carbonyl (C=O) groups excluding carboxylic acids is 3. The van der Waals surface area contributed by atoms with Crippen molar-refractivity contribution in [1.82, 2.24) is 9.80 Å². The summed E-state index contributed by atoms with van der Waals surface area (Å²) >= 11 is 0. The Bertz CT molecular complexity index is 1010. The molecule has 0 spiro atoms. The number of amides is 4. The number of hydrogen-bond donors (Lipinski definition) is 1. The minimum atomic E-state index is -0.698. The number of imide groups is 1. The number of carbonyl (C=O) groups is 3. The predicted octanol–water partition coefficient (Wildman–Crippen LogP) is 3.46. The van der Waals surface area contributed by atoms with E-state index < -0.39 is 12.1 Å². The van der Waals surface area contributed by atoms with Gasteiger partial charge in [0.1, 0.15) is 6.54 Å². The molecule has 7 nitrogen and oxygen atoms in total. The fourth-order valence-electron chi connectivity index (χ4n) is 5.45. The molecule has 0 radical (unpaired) electrons. The van der Waals surface area contributed by atoms with Crippen molar-refractivity contribution in [1.29, 1.82) is 0 Å². The molecular weight excluding hydrogens is 418 g/mol. The maximum absolute atomic E-state index is 13.6. The van der Waals surface area contributed by atoms with Gasteiger partial charge in [-0.15, -0.1) is 0 Å². The molecule has 0 aromatic heterocycles. The van der Waals surface area contributed by atoms with E-state index in [-0.39, 0.29) is 43.0 Å². The van der Waals surface area contributed by atoms with Crippen molar-refractivity contribution in [3.8, 4) is 0 Å². The Morgan fingerprint density at radius 2 is 1.67 bits per heavy atom. The normalized spacial score (nSPS) is 26.7. The Hall–Kier alpha value is -3.19. The lowest BCUT2D eigenvalue weighted by atomic mass is 9.81. The van der Waals surface area contributed by atoms with Gasteiger partial charge in [0, 0.05) is 18.2 Å². The molecule has 2 aromatic carbocycles. The van der Waals surface area contributed by atoms with E-state index >= 15 is 0 Å². The van der Waals surface area contributed by atoms with E-state index in [1.165, 1.54) is 4.90 Å². The van der Waals surface area contributed by atoms with E-state index in [2.05, 4.69) is 5.32 Å². The summed E-state index contributed by atoms with van der Waals surface area (Å²) in [5, 5.41) is 2.87. The molecule has 4 amide bonds. The van der Waals surface area contributed by atoms with Gasteiger partial charge in [-0.05, 0) is 37.0 Å². The van der Waals surface area contributed by atoms with Crippen LogP contribution in [0.2, 0.25) is 0 Å². The van der Waals surface area contributed by atoms with Gasteiger partial charge in [0.25, 0.3) is 5.91 Å². The third-order valence-electron chi connectivity index (χ3n) is 7.01. The Kier molecular flexibility index (Phi) is 6.13. The third kappa shape index (κ3) is 4.37. The minimum Gasteiger partial charge on any atom is -0.363 e. The van der Waals surface area contributed by atoms with Crippen molar-refractivity contribution in [2.24, 2.45) is 5.92 Å². The first-order valence-corrected chi connectivity index (χ1v) is 11.8. The van der Waals surface area contributed by atoms with Crippen molar-refractivity contribution >= 4 is 23.5 Å². The lowest BCUT2D eigenvalue weighted by molar-refractivity contribution is -0.147. The summed E-state index contributed by atoms with van der Waals surface area (Å²) in [4.78, 5) is 42.7. The summed E-state index contributed by atoms with van der Waals surface area (Å²) in [6, 6.07) is 18.2. The number of fused-ring (bicyclic) bond motifs is 3. The van der Waals surface area contributed by atoms with Crippen LogP contribution in [0.5, 0.6) is 0 Å². The smallest absolute Gasteiger partial charge is 0.327 e. The number of ether oxygens (including phenoxy) is 1. The summed E-state index contributed by atoms with van der Waals surface area (Å²) in [5.41, 5.74) is 1.73. The van der Waals surface area contributed by atoms with Gasteiger partial charge in [-0.1, -0.05) is 61.4 Å². The van der Waals surface area contributed by atoms with E-state index in [1.807, 2.05) is 60.7 Å². The van der Waals surface area contributed by atoms with E-state index in [9.17, 15) is 14.4 Å². The molecular formula is C26H29N3O4. The van der Waals surface area contributed by atoms with Crippen LogP contribution in [0.1, 0.15) is 31.2 Å². The molecule has 3 aliphatic rings. The third-order valence-corrected chi connectivity index (χ3v) is 7.01.